The van der Waals surface area contributed by atoms with Crippen LogP contribution in [0.25, 0.3) is 4.85 Å². The summed E-state index contributed by atoms with van der Waals surface area (Å²) in [6, 6.07) is 0. The van der Waals surface area contributed by atoms with E-state index in [0.29, 0.717) is 26.2 Å². The lowest BCUT2D eigenvalue weighted by atomic mass is 10.1. The minimum atomic E-state index is -0.496. The van der Waals surface area contributed by atoms with E-state index in [-0.39, 0.29) is 5.70 Å². The Morgan fingerprint density at radius 3 is 3.00 bits per heavy atom. The number of hydrogen-bond acceptors (Lipinski definition) is 3. The summed E-state index contributed by atoms with van der Waals surface area (Å²) < 4.78 is 10.1. The van der Waals surface area contributed by atoms with Crippen molar-refractivity contribution in [3.8, 4) is 0 Å². The predicted octanol–water partition coefficient (Wildman–Crippen LogP) is 1.92. The van der Waals surface area contributed by atoms with Crippen LogP contribution < -0.4 is 0 Å². The smallest absolute Gasteiger partial charge is 0.336 e. The highest BCUT2D eigenvalue weighted by molar-refractivity contribution is 5.91. The van der Waals surface area contributed by atoms with Gasteiger partial charge < -0.3 is 9.47 Å². The van der Waals surface area contributed by atoms with Gasteiger partial charge in [0.15, 0.2) is 0 Å². The van der Waals surface area contributed by atoms with Gasteiger partial charge in [0.2, 0.25) is 0 Å². The topological polar surface area (TPSA) is 39.9 Å². The van der Waals surface area contributed by atoms with Gasteiger partial charge in [0, 0.05) is 13.2 Å². The second-order valence-electron chi connectivity index (χ2n) is 3.25. The van der Waals surface area contributed by atoms with Gasteiger partial charge in [-0.1, -0.05) is 5.57 Å². The molecular formula is C11H15NO3. The zero-order chi connectivity index (χ0) is 11.1. The number of nitrogens with zero attached hydrogens (tertiary/aromatic N) is 1. The molecule has 0 saturated carbocycles. The van der Waals surface area contributed by atoms with Gasteiger partial charge in [0.05, 0.1) is 13.2 Å². The highest BCUT2D eigenvalue weighted by atomic mass is 16.5. The van der Waals surface area contributed by atoms with Crippen molar-refractivity contribution in [3.05, 3.63) is 22.7 Å². The molecule has 1 fully saturated rings. The largest absolute Gasteiger partial charge is 0.471 e. The zero-order valence-corrected chi connectivity index (χ0v) is 8.91. The van der Waals surface area contributed by atoms with Crippen molar-refractivity contribution in [2.75, 3.05) is 19.8 Å². The molecule has 1 aliphatic heterocycles. The van der Waals surface area contributed by atoms with E-state index in [1.807, 2.05) is 0 Å². The maximum atomic E-state index is 11.5. The Morgan fingerprint density at radius 2 is 2.33 bits per heavy atom. The van der Waals surface area contributed by atoms with Crippen molar-refractivity contribution in [3.63, 3.8) is 0 Å². The third kappa shape index (κ3) is 3.37. The summed E-state index contributed by atoms with van der Waals surface area (Å²) in [5.74, 6) is -0.496. The van der Waals surface area contributed by atoms with Gasteiger partial charge in [-0.3, -0.25) is 4.79 Å². The Labute approximate surface area is 89.7 Å². The van der Waals surface area contributed by atoms with Crippen molar-refractivity contribution >= 4 is 5.97 Å². The summed E-state index contributed by atoms with van der Waals surface area (Å²) in [6.45, 7) is 10.3. The molecule has 0 unspecified atom stereocenters. The number of carbonyl (C=O) groups excluding carboxylic acids is 1. The van der Waals surface area contributed by atoms with E-state index in [2.05, 4.69) is 4.85 Å². The fraction of sp³-hybridized carbons (Fsp3) is 0.636. The number of esters is 1. The maximum absolute atomic E-state index is 11.5. The number of carbonyl (C=O) groups is 1. The van der Waals surface area contributed by atoms with Crippen LogP contribution >= 0.6 is 0 Å². The van der Waals surface area contributed by atoms with Crippen LogP contribution in [0.5, 0.6) is 0 Å². The average molecular weight is 209 g/mol. The Kier molecular flexibility index (Phi) is 4.85. The number of rotatable bonds is 2. The van der Waals surface area contributed by atoms with Gasteiger partial charge in [-0.2, -0.15) is 0 Å². The first-order valence-electron chi connectivity index (χ1n) is 5.14. The molecule has 0 bridgehead atoms. The van der Waals surface area contributed by atoms with Crippen LogP contribution in [0.4, 0.5) is 0 Å². The quantitative estimate of drug-likeness (QED) is 0.396. The Morgan fingerprint density at radius 1 is 1.53 bits per heavy atom. The second kappa shape index (κ2) is 6.20. The first-order chi connectivity index (χ1) is 7.29. The molecule has 0 aliphatic carbocycles. The molecule has 0 radical (unpaired) electrons. The van der Waals surface area contributed by atoms with Crippen LogP contribution in [-0.2, 0) is 14.3 Å². The Balaban J connectivity index is 2.81. The molecule has 1 aliphatic rings. The van der Waals surface area contributed by atoms with E-state index < -0.39 is 5.97 Å². The maximum Gasteiger partial charge on any atom is 0.336 e. The van der Waals surface area contributed by atoms with Crippen LogP contribution in [-0.4, -0.2) is 25.8 Å². The molecule has 0 amide bonds. The molecule has 0 N–H and O–H groups in total. The standard InChI is InChI=1S/C11H15NO3/c1-3-15-11(13)10(12-2)9-5-4-7-14-8-6-9/h3-8H2,1H3. The molecule has 0 spiro atoms. The molecule has 0 aromatic carbocycles. The fourth-order valence-electron chi connectivity index (χ4n) is 1.52. The lowest BCUT2D eigenvalue weighted by Gasteiger charge is -2.06. The lowest BCUT2D eigenvalue weighted by molar-refractivity contribution is -0.138. The third-order valence-electron chi connectivity index (χ3n) is 2.23. The van der Waals surface area contributed by atoms with Gasteiger partial charge in [-0.05, 0) is 26.2 Å². The molecule has 0 atom stereocenters. The monoisotopic (exact) mass is 209 g/mol. The van der Waals surface area contributed by atoms with Crippen LogP contribution in [0, 0.1) is 6.57 Å². The van der Waals surface area contributed by atoms with Gasteiger partial charge in [-0.25, -0.2) is 4.85 Å². The molecule has 1 rings (SSSR count). The Bertz CT molecular complexity index is 291. The number of hydrogen-bond donors (Lipinski definition) is 0. The molecule has 82 valence electrons. The highest BCUT2D eigenvalue weighted by Gasteiger charge is 2.18. The molecule has 15 heavy (non-hydrogen) atoms. The summed E-state index contributed by atoms with van der Waals surface area (Å²) in [7, 11) is 0. The van der Waals surface area contributed by atoms with E-state index in [0.717, 1.165) is 18.4 Å². The van der Waals surface area contributed by atoms with Crippen LogP contribution in [0.15, 0.2) is 11.3 Å². The molecule has 1 heterocycles. The molecule has 0 aromatic rings. The summed E-state index contributed by atoms with van der Waals surface area (Å²) >= 11 is 0. The van der Waals surface area contributed by atoms with Gasteiger partial charge in [-0.15, -0.1) is 0 Å². The first-order valence-corrected chi connectivity index (χ1v) is 5.14. The molecular weight excluding hydrogens is 194 g/mol. The summed E-state index contributed by atoms with van der Waals surface area (Å²) in [5, 5.41) is 0. The minimum absolute atomic E-state index is 0.155. The van der Waals surface area contributed by atoms with E-state index >= 15 is 0 Å². The molecule has 4 nitrogen and oxygen atoms in total. The average Bonchev–Trinajstić information content (AvgIpc) is 2.48. The SMILES string of the molecule is [C-]#[N+]C(C(=O)OCC)=C1CCCOCC1. The molecule has 1 saturated heterocycles. The lowest BCUT2D eigenvalue weighted by Crippen LogP contribution is -2.08. The van der Waals surface area contributed by atoms with Crippen molar-refractivity contribution in [2.45, 2.75) is 26.2 Å². The van der Waals surface area contributed by atoms with Gasteiger partial charge in [0.1, 0.15) is 0 Å². The van der Waals surface area contributed by atoms with E-state index in [1.54, 1.807) is 6.92 Å². The van der Waals surface area contributed by atoms with Crippen molar-refractivity contribution in [2.24, 2.45) is 0 Å². The summed E-state index contributed by atoms with van der Waals surface area (Å²) in [5.41, 5.74) is 1.03. The number of ether oxygens (including phenoxy) is 2. The van der Waals surface area contributed by atoms with E-state index in [4.69, 9.17) is 16.0 Å². The normalized spacial score (nSPS) is 20.0. The molecule has 0 aromatic heterocycles. The second-order valence-corrected chi connectivity index (χ2v) is 3.25. The summed E-state index contributed by atoms with van der Waals surface area (Å²) in [4.78, 5) is 14.7. The van der Waals surface area contributed by atoms with Crippen LogP contribution in [0.1, 0.15) is 26.2 Å². The third-order valence-corrected chi connectivity index (χ3v) is 2.23. The van der Waals surface area contributed by atoms with Crippen molar-refractivity contribution < 1.29 is 14.3 Å². The van der Waals surface area contributed by atoms with Gasteiger partial charge in [0.25, 0.3) is 5.70 Å². The van der Waals surface area contributed by atoms with Crippen LogP contribution in [0.3, 0.4) is 0 Å². The fourth-order valence-corrected chi connectivity index (χ4v) is 1.52. The summed E-state index contributed by atoms with van der Waals surface area (Å²) in [6.07, 6.45) is 2.29. The highest BCUT2D eigenvalue weighted by Crippen LogP contribution is 2.20. The van der Waals surface area contributed by atoms with Crippen molar-refractivity contribution in [1.82, 2.24) is 0 Å². The minimum Gasteiger partial charge on any atom is -0.471 e. The van der Waals surface area contributed by atoms with E-state index in [9.17, 15) is 4.79 Å². The predicted molar refractivity (Wildman–Crippen MR) is 54.9 cm³/mol. The van der Waals surface area contributed by atoms with Gasteiger partial charge >= 0.3 is 5.97 Å². The van der Waals surface area contributed by atoms with Crippen LogP contribution in [0.2, 0.25) is 0 Å². The first kappa shape index (κ1) is 11.7. The Hall–Kier alpha value is -1.34. The van der Waals surface area contributed by atoms with E-state index in [1.165, 1.54) is 0 Å². The van der Waals surface area contributed by atoms with Crippen molar-refractivity contribution in [1.29, 1.82) is 0 Å². The molecule has 4 heteroatoms. The zero-order valence-electron chi connectivity index (χ0n) is 8.91.